The minimum Gasteiger partial charge on any atom is -0.350 e. The molecule has 1 aromatic heterocycles. The van der Waals surface area contributed by atoms with E-state index >= 15 is 0 Å². The van der Waals surface area contributed by atoms with Crippen LogP contribution in [0.5, 0.6) is 0 Å². The number of rotatable bonds is 6. The van der Waals surface area contributed by atoms with Crippen molar-refractivity contribution >= 4 is 22.6 Å². The number of carbonyl (C=O) groups excluding carboxylic acids is 2. The molecule has 6 heteroatoms. The second kappa shape index (κ2) is 7.84. The molecule has 0 bridgehead atoms. The first-order valence-corrected chi connectivity index (χ1v) is 9.68. The zero-order valence-electron chi connectivity index (χ0n) is 16.0. The lowest BCUT2D eigenvalue weighted by Gasteiger charge is -2.18. The Kier molecular flexibility index (Phi) is 5.10. The quantitative estimate of drug-likeness (QED) is 0.719. The number of fused-ring (bicyclic) bond motifs is 1. The first kappa shape index (κ1) is 18.2. The van der Waals surface area contributed by atoms with Gasteiger partial charge in [-0.2, -0.15) is 0 Å². The molecule has 28 heavy (non-hydrogen) atoms. The number of hydrogen-bond acceptors (Lipinski definition) is 3. The van der Waals surface area contributed by atoms with Crippen molar-refractivity contribution in [3.63, 3.8) is 0 Å². The molecule has 144 valence electrons. The molecule has 1 N–H and O–H groups in total. The summed E-state index contributed by atoms with van der Waals surface area (Å²) in [5.41, 5.74) is 1.13. The van der Waals surface area contributed by atoms with Crippen LogP contribution in [0.25, 0.3) is 10.8 Å². The van der Waals surface area contributed by atoms with Crippen molar-refractivity contribution in [3.8, 4) is 0 Å². The van der Waals surface area contributed by atoms with Gasteiger partial charge < -0.3 is 14.8 Å². The van der Waals surface area contributed by atoms with Gasteiger partial charge in [0, 0.05) is 38.3 Å². The van der Waals surface area contributed by atoms with E-state index in [2.05, 4.69) is 34.6 Å². The van der Waals surface area contributed by atoms with E-state index in [0.717, 1.165) is 23.2 Å². The fourth-order valence-corrected chi connectivity index (χ4v) is 3.88. The highest BCUT2D eigenvalue weighted by atomic mass is 16.2. The second-order valence-electron chi connectivity index (χ2n) is 7.21. The molecule has 2 heterocycles. The van der Waals surface area contributed by atoms with Crippen molar-refractivity contribution < 1.29 is 9.59 Å². The Morgan fingerprint density at radius 3 is 2.89 bits per heavy atom. The van der Waals surface area contributed by atoms with Crippen LogP contribution in [0.4, 0.5) is 0 Å². The molecule has 2 aromatic carbocycles. The zero-order chi connectivity index (χ0) is 19.5. The van der Waals surface area contributed by atoms with E-state index in [1.54, 1.807) is 6.20 Å². The Hall–Kier alpha value is -3.15. The Morgan fingerprint density at radius 2 is 2.04 bits per heavy atom. The molecule has 0 aliphatic carbocycles. The lowest BCUT2D eigenvalue weighted by atomic mass is 10.0. The van der Waals surface area contributed by atoms with Gasteiger partial charge >= 0.3 is 0 Å². The molecule has 0 spiro atoms. The summed E-state index contributed by atoms with van der Waals surface area (Å²) in [6.07, 6.45) is 4.64. The molecule has 1 saturated heterocycles. The maximum Gasteiger partial charge on any atom is 0.240 e. The van der Waals surface area contributed by atoms with Gasteiger partial charge in [-0.25, -0.2) is 4.98 Å². The van der Waals surface area contributed by atoms with Crippen LogP contribution < -0.4 is 5.32 Å². The molecule has 2 amide bonds. The van der Waals surface area contributed by atoms with Gasteiger partial charge in [-0.1, -0.05) is 49.4 Å². The van der Waals surface area contributed by atoms with Gasteiger partial charge in [0.2, 0.25) is 11.8 Å². The summed E-state index contributed by atoms with van der Waals surface area (Å²) in [6.45, 7) is 3.35. The highest BCUT2D eigenvalue weighted by Gasteiger charge is 2.30. The molecular weight excluding hydrogens is 352 g/mol. The largest absolute Gasteiger partial charge is 0.350 e. The molecule has 6 nitrogen and oxygen atoms in total. The van der Waals surface area contributed by atoms with E-state index in [0.29, 0.717) is 19.5 Å². The summed E-state index contributed by atoms with van der Waals surface area (Å²) < 4.78 is 1.85. The number of likely N-dealkylation sites (tertiary alicyclic amines) is 1. The number of aryl methyl sites for hydroxylation is 1. The molecule has 0 unspecified atom stereocenters. The van der Waals surface area contributed by atoms with Gasteiger partial charge in [-0.05, 0) is 16.3 Å². The predicted molar refractivity (Wildman–Crippen MR) is 108 cm³/mol. The van der Waals surface area contributed by atoms with Crippen LogP contribution >= 0.6 is 0 Å². The second-order valence-corrected chi connectivity index (χ2v) is 7.21. The topological polar surface area (TPSA) is 67.2 Å². The number of nitrogens with one attached hydrogen (secondary N) is 1. The number of amides is 2. The van der Waals surface area contributed by atoms with Crippen LogP contribution in [0.15, 0.2) is 54.9 Å². The zero-order valence-corrected chi connectivity index (χ0v) is 16.0. The number of nitrogens with zero attached hydrogens (tertiary/aromatic N) is 3. The van der Waals surface area contributed by atoms with Gasteiger partial charge in [0.15, 0.2) is 0 Å². The lowest BCUT2D eigenvalue weighted by Crippen LogP contribution is -2.39. The van der Waals surface area contributed by atoms with Crippen LogP contribution in [-0.4, -0.2) is 38.9 Å². The summed E-state index contributed by atoms with van der Waals surface area (Å²) in [7, 11) is 0. The van der Waals surface area contributed by atoms with Gasteiger partial charge in [-0.15, -0.1) is 0 Å². The number of benzene rings is 2. The van der Waals surface area contributed by atoms with Gasteiger partial charge in [0.25, 0.3) is 0 Å². The maximum atomic E-state index is 12.5. The van der Waals surface area contributed by atoms with Crippen LogP contribution in [-0.2, 0) is 29.1 Å². The van der Waals surface area contributed by atoms with Crippen molar-refractivity contribution in [2.75, 3.05) is 6.54 Å². The van der Waals surface area contributed by atoms with Crippen LogP contribution in [0.2, 0.25) is 0 Å². The smallest absolute Gasteiger partial charge is 0.240 e. The molecular formula is C22H24N4O2. The molecule has 0 saturated carbocycles. The van der Waals surface area contributed by atoms with E-state index in [1.165, 1.54) is 5.39 Å². The number of aromatic nitrogens is 2. The molecule has 1 aliphatic heterocycles. The van der Waals surface area contributed by atoms with E-state index in [-0.39, 0.29) is 24.4 Å². The molecule has 1 atom stereocenters. The average Bonchev–Trinajstić information content (AvgIpc) is 3.28. The standard InChI is InChI=1S/C22H24N4O2/c1-2-20-23-10-11-25(20)15-21(27)24-18-12-22(28)26(14-18)13-17-8-5-7-16-6-3-4-9-19(16)17/h3-11,18H,2,12-15H2,1H3,(H,24,27)/t18-/m0/s1. The average molecular weight is 376 g/mol. The Bertz CT molecular complexity index is 1010. The highest BCUT2D eigenvalue weighted by Crippen LogP contribution is 2.22. The van der Waals surface area contributed by atoms with Gasteiger partial charge in [0.1, 0.15) is 12.4 Å². The predicted octanol–water partition coefficient (Wildman–Crippen LogP) is 2.52. The van der Waals surface area contributed by atoms with Crippen LogP contribution in [0.1, 0.15) is 24.7 Å². The minimum absolute atomic E-state index is 0.0788. The third-order valence-corrected chi connectivity index (χ3v) is 5.25. The first-order valence-electron chi connectivity index (χ1n) is 9.68. The number of hydrogen-bond donors (Lipinski definition) is 1. The monoisotopic (exact) mass is 376 g/mol. The van der Waals surface area contributed by atoms with Crippen molar-refractivity contribution in [2.45, 2.75) is 38.9 Å². The minimum atomic E-state index is -0.149. The number of carbonyl (C=O) groups is 2. The van der Waals surface area contributed by atoms with Crippen LogP contribution in [0.3, 0.4) is 0 Å². The third-order valence-electron chi connectivity index (χ3n) is 5.25. The summed E-state index contributed by atoms with van der Waals surface area (Å²) in [5.74, 6) is 0.878. The highest BCUT2D eigenvalue weighted by molar-refractivity contribution is 5.87. The Labute approximate surface area is 164 Å². The van der Waals surface area contributed by atoms with E-state index in [4.69, 9.17) is 0 Å². The molecule has 3 aromatic rings. The van der Waals surface area contributed by atoms with Gasteiger partial charge in [-0.3, -0.25) is 9.59 Å². The molecule has 0 radical (unpaired) electrons. The summed E-state index contributed by atoms with van der Waals surface area (Å²) >= 11 is 0. The SMILES string of the molecule is CCc1nccn1CC(=O)N[C@H]1CC(=O)N(Cc2cccc3ccccc23)C1. The summed E-state index contributed by atoms with van der Waals surface area (Å²) in [6, 6.07) is 14.2. The van der Waals surface area contributed by atoms with E-state index in [1.807, 2.05) is 40.8 Å². The Morgan fingerprint density at radius 1 is 1.21 bits per heavy atom. The fourth-order valence-electron chi connectivity index (χ4n) is 3.88. The Balaban J connectivity index is 1.39. The summed E-state index contributed by atoms with van der Waals surface area (Å²) in [5, 5.41) is 5.34. The van der Waals surface area contributed by atoms with Crippen molar-refractivity contribution in [1.82, 2.24) is 19.8 Å². The first-order chi connectivity index (χ1) is 13.6. The third kappa shape index (κ3) is 3.76. The van der Waals surface area contributed by atoms with Crippen molar-refractivity contribution in [3.05, 3.63) is 66.2 Å². The fraction of sp³-hybridized carbons (Fsp3) is 0.318. The summed E-state index contributed by atoms with van der Waals surface area (Å²) in [4.78, 5) is 30.9. The molecule has 4 rings (SSSR count). The van der Waals surface area contributed by atoms with Crippen LogP contribution in [0, 0.1) is 0 Å². The normalized spacial score (nSPS) is 16.7. The van der Waals surface area contributed by atoms with E-state index < -0.39 is 0 Å². The van der Waals surface area contributed by atoms with Crippen molar-refractivity contribution in [1.29, 1.82) is 0 Å². The molecule has 1 aliphatic rings. The van der Waals surface area contributed by atoms with Crippen molar-refractivity contribution in [2.24, 2.45) is 0 Å². The number of imidazole rings is 1. The van der Waals surface area contributed by atoms with Gasteiger partial charge in [0.05, 0.1) is 6.04 Å². The van der Waals surface area contributed by atoms with E-state index in [9.17, 15) is 9.59 Å². The molecule has 1 fully saturated rings. The lowest BCUT2D eigenvalue weighted by molar-refractivity contribution is -0.128. The maximum absolute atomic E-state index is 12.5.